The number of alkyl halides is 3. The van der Waals surface area contributed by atoms with Crippen molar-refractivity contribution >= 4 is 34.3 Å². The summed E-state index contributed by atoms with van der Waals surface area (Å²) in [5, 5.41) is 12.1. The van der Waals surface area contributed by atoms with Crippen LogP contribution < -0.4 is 14.8 Å². The molecule has 0 spiro atoms. The quantitative estimate of drug-likeness (QED) is 0.340. The Kier molecular flexibility index (Phi) is 6.69. The Morgan fingerprint density at radius 2 is 1.71 bits per heavy atom. The van der Waals surface area contributed by atoms with E-state index in [9.17, 15) is 23.2 Å². The van der Waals surface area contributed by atoms with Crippen molar-refractivity contribution in [1.29, 1.82) is 5.26 Å². The number of fused-ring (bicyclic) bond motifs is 1. The molecule has 3 aromatic carbocycles. The van der Waals surface area contributed by atoms with Crippen molar-refractivity contribution < 1.29 is 27.4 Å². The Balaban J connectivity index is 1.33. The van der Waals surface area contributed by atoms with E-state index in [4.69, 9.17) is 4.74 Å². The summed E-state index contributed by atoms with van der Waals surface area (Å²) >= 11 is 0. The summed E-state index contributed by atoms with van der Waals surface area (Å²) in [4.78, 5) is 19.6. The van der Waals surface area contributed by atoms with E-state index in [-0.39, 0.29) is 12.4 Å². The number of ether oxygens (including phenoxy) is 2. The molecule has 2 N–H and O–H groups in total. The molecule has 7 nitrogen and oxygen atoms in total. The zero-order chi connectivity index (χ0) is 24.8. The number of imidazole rings is 1. The molecule has 0 saturated heterocycles. The molecule has 10 heteroatoms. The molecule has 0 bridgehead atoms. The lowest BCUT2D eigenvalue weighted by Gasteiger charge is -2.10. The van der Waals surface area contributed by atoms with Gasteiger partial charge < -0.3 is 19.8 Å². The molecule has 0 radical (unpaired) electrons. The summed E-state index contributed by atoms with van der Waals surface area (Å²) in [6.07, 6.45) is -3.10. The van der Waals surface area contributed by atoms with Gasteiger partial charge >= 0.3 is 6.36 Å². The molecule has 1 amide bonds. The van der Waals surface area contributed by atoms with Crippen LogP contribution in [0.1, 0.15) is 11.4 Å². The van der Waals surface area contributed by atoms with Crippen LogP contribution in [-0.2, 0) is 4.79 Å². The lowest BCUT2D eigenvalue weighted by molar-refractivity contribution is -0.274. The first-order chi connectivity index (χ1) is 16.8. The second-order valence-electron chi connectivity index (χ2n) is 7.25. The van der Waals surface area contributed by atoms with Crippen molar-refractivity contribution in [2.45, 2.75) is 6.36 Å². The third-order valence-electron chi connectivity index (χ3n) is 4.70. The fourth-order valence-corrected chi connectivity index (χ4v) is 3.15. The Labute approximate surface area is 197 Å². The van der Waals surface area contributed by atoms with Crippen molar-refractivity contribution in [3.63, 3.8) is 0 Å². The number of para-hydroxylation sites is 2. The monoisotopic (exact) mass is 478 g/mol. The number of hydrogen-bond donors (Lipinski definition) is 2. The zero-order valence-corrected chi connectivity index (χ0v) is 18.0. The van der Waals surface area contributed by atoms with Gasteiger partial charge in [0.15, 0.2) is 6.61 Å². The number of carbonyl (C=O) groups excluding carboxylic acids is 1. The molecule has 35 heavy (non-hydrogen) atoms. The van der Waals surface area contributed by atoms with Crippen LogP contribution in [0.5, 0.6) is 11.5 Å². The molecule has 1 heterocycles. The second kappa shape index (κ2) is 10.0. The number of amides is 1. The largest absolute Gasteiger partial charge is 0.573 e. The second-order valence-corrected chi connectivity index (χ2v) is 7.25. The van der Waals surface area contributed by atoms with E-state index in [0.29, 0.717) is 22.8 Å². The number of halogens is 3. The highest BCUT2D eigenvalue weighted by Gasteiger charge is 2.30. The van der Waals surface area contributed by atoms with E-state index >= 15 is 0 Å². The van der Waals surface area contributed by atoms with Crippen LogP contribution in [0, 0.1) is 11.3 Å². The Morgan fingerprint density at radius 1 is 1.03 bits per heavy atom. The van der Waals surface area contributed by atoms with Crippen molar-refractivity contribution in [2.24, 2.45) is 0 Å². The number of carbonyl (C=O) groups is 1. The van der Waals surface area contributed by atoms with Crippen LogP contribution in [0.3, 0.4) is 0 Å². The molecule has 4 aromatic rings. The maximum atomic E-state index is 12.2. The number of nitrogens with zero attached hydrogens (tertiary/aromatic N) is 2. The van der Waals surface area contributed by atoms with E-state index in [1.807, 2.05) is 24.3 Å². The van der Waals surface area contributed by atoms with Crippen LogP contribution in [0.25, 0.3) is 22.7 Å². The van der Waals surface area contributed by atoms with Crippen LogP contribution in [0.4, 0.5) is 18.9 Å². The van der Waals surface area contributed by atoms with E-state index < -0.39 is 12.3 Å². The zero-order valence-electron chi connectivity index (χ0n) is 18.0. The Morgan fingerprint density at radius 3 is 2.37 bits per heavy atom. The molecule has 0 aliphatic carbocycles. The van der Waals surface area contributed by atoms with Crippen LogP contribution in [0.2, 0.25) is 0 Å². The van der Waals surface area contributed by atoms with E-state index in [0.717, 1.165) is 28.7 Å². The maximum Gasteiger partial charge on any atom is 0.573 e. The molecule has 0 atom stereocenters. The van der Waals surface area contributed by atoms with E-state index in [1.54, 1.807) is 30.3 Å². The number of rotatable bonds is 7. The van der Waals surface area contributed by atoms with Gasteiger partial charge in [0.2, 0.25) is 0 Å². The van der Waals surface area contributed by atoms with Crippen LogP contribution in [-0.4, -0.2) is 28.8 Å². The van der Waals surface area contributed by atoms with Gasteiger partial charge in [0.25, 0.3) is 5.91 Å². The summed E-state index contributed by atoms with van der Waals surface area (Å²) in [7, 11) is 0. The number of benzene rings is 3. The summed E-state index contributed by atoms with van der Waals surface area (Å²) in [5.74, 6) is 0.00745. The van der Waals surface area contributed by atoms with Gasteiger partial charge in [0.1, 0.15) is 23.4 Å². The molecular formula is C25H17F3N4O3. The average Bonchev–Trinajstić information content (AvgIpc) is 3.26. The third-order valence-corrected chi connectivity index (χ3v) is 4.70. The van der Waals surface area contributed by atoms with Gasteiger partial charge in [-0.3, -0.25) is 4.79 Å². The van der Waals surface area contributed by atoms with E-state index in [2.05, 4.69) is 26.1 Å². The first-order valence-corrected chi connectivity index (χ1v) is 10.2. The number of anilines is 1. The fourth-order valence-electron chi connectivity index (χ4n) is 3.15. The predicted molar refractivity (Wildman–Crippen MR) is 123 cm³/mol. The van der Waals surface area contributed by atoms with Crippen molar-refractivity contribution in [3.05, 3.63) is 84.2 Å². The maximum absolute atomic E-state index is 12.2. The standard InChI is InChI=1S/C25H17F3N4O3/c26-25(27,28)35-20-11-7-18(8-12-20)30-23(33)15-34-19-9-5-16(6-10-19)13-17(14-29)24-31-21-3-1-2-4-22(21)32-24/h1-13H,15H2,(H,30,33)(H,31,32). The lowest BCUT2D eigenvalue weighted by Crippen LogP contribution is -2.20. The topological polar surface area (TPSA) is 100 Å². The normalized spacial score (nSPS) is 11.7. The van der Waals surface area contributed by atoms with Crippen LogP contribution >= 0.6 is 0 Å². The summed E-state index contributed by atoms with van der Waals surface area (Å²) < 4.78 is 45.9. The Bertz CT molecular complexity index is 1370. The minimum Gasteiger partial charge on any atom is -0.484 e. The molecule has 0 fully saturated rings. The predicted octanol–water partition coefficient (Wildman–Crippen LogP) is 5.54. The van der Waals surface area contributed by atoms with Crippen LogP contribution in [0.15, 0.2) is 72.8 Å². The molecule has 0 saturated carbocycles. The summed E-state index contributed by atoms with van der Waals surface area (Å²) in [6, 6.07) is 21.1. The van der Waals surface area contributed by atoms with Gasteiger partial charge in [-0.05, 0) is 60.2 Å². The SMILES string of the molecule is N#CC(=Cc1ccc(OCC(=O)Nc2ccc(OC(F)(F)F)cc2)cc1)c1nc2ccccc2[nH]1. The van der Waals surface area contributed by atoms with Gasteiger partial charge in [-0.2, -0.15) is 5.26 Å². The first-order valence-electron chi connectivity index (χ1n) is 10.2. The van der Waals surface area contributed by atoms with Gasteiger partial charge in [0, 0.05) is 5.69 Å². The highest BCUT2D eigenvalue weighted by atomic mass is 19.4. The number of allylic oxidation sites excluding steroid dienone is 1. The van der Waals surface area contributed by atoms with Crippen molar-refractivity contribution in [1.82, 2.24) is 9.97 Å². The van der Waals surface area contributed by atoms with E-state index in [1.165, 1.54) is 12.1 Å². The molecule has 0 aliphatic heterocycles. The Hall–Kier alpha value is -4.78. The molecular weight excluding hydrogens is 461 g/mol. The molecule has 0 aliphatic rings. The number of H-pyrrole nitrogens is 1. The summed E-state index contributed by atoms with van der Waals surface area (Å²) in [5.41, 5.74) is 2.98. The fraction of sp³-hybridized carbons (Fsp3) is 0.0800. The number of aromatic nitrogens is 2. The summed E-state index contributed by atoms with van der Waals surface area (Å²) in [6.45, 7) is -0.307. The highest BCUT2D eigenvalue weighted by Crippen LogP contribution is 2.24. The number of nitriles is 1. The molecule has 4 rings (SSSR count). The smallest absolute Gasteiger partial charge is 0.484 e. The number of aromatic amines is 1. The van der Waals surface area contributed by atoms with Gasteiger partial charge in [-0.15, -0.1) is 13.2 Å². The first kappa shape index (κ1) is 23.4. The van der Waals surface area contributed by atoms with Crippen molar-refractivity contribution in [2.75, 3.05) is 11.9 Å². The average molecular weight is 478 g/mol. The van der Waals surface area contributed by atoms with Gasteiger partial charge in [0.05, 0.1) is 16.6 Å². The van der Waals surface area contributed by atoms with Gasteiger partial charge in [-0.25, -0.2) is 4.98 Å². The third kappa shape index (κ3) is 6.39. The van der Waals surface area contributed by atoms with Gasteiger partial charge in [-0.1, -0.05) is 24.3 Å². The number of hydrogen-bond acceptors (Lipinski definition) is 5. The molecule has 0 unspecified atom stereocenters. The molecule has 176 valence electrons. The highest BCUT2D eigenvalue weighted by molar-refractivity contribution is 5.92. The minimum atomic E-state index is -4.78. The van der Waals surface area contributed by atoms with Crippen molar-refractivity contribution in [3.8, 4) is 17.6 Å². The lowest BCUT2D eigenvalue weighted by atomic mass is 10.1. The minimum absolute atomic E-state index is 0.295. The number of nitrogens with one attached hydrogen (secondary N) is 2. The molecule has 1 aromatic heterocycles.